The van der Waals surface area contributed by atoms with Crippen molar-refractivity contribution in [2.75, 3.05) is 6.61 Å². The van der Waals surface area contributed by atoms with Crippen LogP contribution in [-0.4, -0.2) is 18.7 Å². The summed E-state index contributed by atoms with van der Waals surface area (Å²) in [7, 11) is 0. The van der Waals surface area contributed by atoms with Crippen molar-refractivity contribution in [3.8, 4) is 5.75 Å². The molecule has 1 aromatic carbocycles. The van der Waals surface area contributed by atoms with E-state index in [4.69, 9.17) is 9.47 Å². The fraction of sp³-hybridized carbons (Fsp3) is 0.763. The molecule has 0 radical (unpaired) electrons. The molecule has 0 N–H and O–H groups in total. The van der Waals surface area contributed by atoms with E-state index in [0.717, 1.165) is 80.0 Å². The van der Waals surface area contributed by atoms with Gasteiger partial charge in [0.1, 0.15) is 11.9 Å². The maximum absolute atomic E-state index is 13.0. The van der Waals surface area contributed by atoms with Crippen LogP contribution in [0.4, 0.5) is 0 Å². The third kappa shape index (κ3) is 6.30. The van der Waals surface area contributed by atoms with Gasteiger partial charge in [0.25, 0.3) is 0 Å². The molecule has 3 heteroatoms. The summed E-state index contributed by atoms with van der Waals surface area (Å²) in [5.74, 6) is 5.75. The number of hydrogen-bond acceptors (Lipinski definition) is 3. The van der Waals surface area contributed by atoms with Crippen molar-refractivity contribution in [2.45, 2.75) is 131 Å². The first kappa shape index (κ1) is 30.7. The number of hydrogen-bond donors (Lipinski definition) is 0. The maximum Gasteiger partial charge on any atom is 0.338 e. The van der Waals surface area contributed by atoms with Gasteiger partial charge in [-0.15, -0.1) is 0 Å². The third-order valence-electron chi connectivity index (χ3n) is 12.4. The second kappa shape index (κ2) is 12.8. The first-order valence-corrected chi connectivity index (χ1v) is 17.3. The molecule has 0 spiro atoms. The van der Waals surface area contributed by atoms with Crippen LogP contribution in [0, 0.1) is 46.3 Å². The van der Waals surface area contributed by atoms with E-state index in [1.165, 1.54) is 51.4 Å². The number of rotatable bonds is 11. The number of benzene rings is 1. The fourth-order valence-electron chi connectivity index (χ4n) is 9.99. The Hall–Kier alpha value is -1.77. The van der Waals surface area contributed by atoms with Gasteiger partial charge in [-0.1, -0.05) is 78.9 Å². The van der Waals surface area contributed by atoms with E-state index in [1.807, 2.05) is 24.3 Å². The first-order valence-electron chi connectivity index (χ1n) is 17.3. The molecule has 0 amide bonds. The highest BCUT2D eigenvalue weighted by atomic mass is 16.5. The molecule has 0 unspecified atom stereocenters. The summed E-state index contributed by atoms with van der Waals surface area (Å²) >= 11 is 0. The maximum atomic E-state index is 13.0. The number of carbonyl (C=O) groups excluding carboxylic acids is 1. The minimum Gasteiger partial charge on any atom is -0.494 e. The third-order valence-corrected chi connectivity index (χ3v) is 12.4. The van der Waals surface area contributed by atoms with Crippen LogP contribution in [0.5, 0.6) is 5.75 Å². The van der Waals surface area contributed by atoms with Crippen molar-refractivity contribution in [1.29, 1.82) is 0 Å². The molecule has 0 saturated heterocycles. The Morgan fingerprint density at radius 3 is 2.46 bits per heavy atom. The van der Waals surface area contributed by atoms with Crippen molar-refractivity contribution >= 4 is 5.97 Å². The van der Waals surface area contributed by atoms with Gasteiger partial charge >= 0.3 is 5.97 Å². The Bertz CT molecular complexity index is 1060. The number of esters is 1. The van der Waals surface area contributed by atoms with E-state index in [2.05, 4.69) is 47.6 Å². The molecule has 4 aliphatic rings. The molecule has 3 saturated carbocycles. The largest absolute Gasteiger partial charge is 0.494 e. The van der Waals surface area contributed by atoms with E-state index < -0.39 is 0 Å². The summed E-state index contributed by atoms with van der Waals surface area (Å²) in [4.78, 5) is 13.0. The molecule has 0 bridgehead atoms. The molecule has 0 aliphatic heterocycles. The number of fused-ring (bicyclic) bond motifs is 5. The van der Waals surface area contributed by atoms with Crippen molar-refractivity contribution in [2.24, 2.45) is 46.3 Å². The van der Waals surface area contributed by atoms with Crippen molar-refractivity contribution in [1.82, 2.24) is 0 Å². The fourth-order valence-corrected chi connectivity index (χ4v) is 9.99. The Balaban J connectivity index is 1.19. The second-order valence-electron chi connectivity index (χ2n) is 15.3. The van der Waals surface area contributed by atoms with Crippen LogP contribution < -0.4 is 4.74 Å². The molecule has 0 heterocycles. The van der Waals surface area contributed by atoms with Crippen molar-refractivity contribution < 1.29 is 14.3 Å². The van der Waals surface area contributed by atoms with E-state index >= 15 is 0 Å². The lowest BCUT2D eigenvalue weighted by molar-refractivity contribution is -0.0594. The van der Waals surface area contributed by atoms with Gasteiger partial charge in [-0.05, 0) is 122 Å². The van der Waals surface area contributed by atoms with E-state index in [9.17, 15) is 4.79 Å². The molecule has 4 aliphatic carbocycles. The molecule has 0 aromatic heterocycles. The lowest BCUT2D eigenvalue weighted by atomic mass is 9.47. The van der Waals surface area contributed by atoms with Crippen LogP contribution in [0.15, 0.2) is 35.9 Å². The zero-order valence-electron chi connectivity index (χ0n) is 27.1. The van der Waals surface area contributed by atoms with Crippen molar-refractivity contribution in [3.05, 3.63) is 41.5 Å². The Kier molecular flexibility index (Phi) is 9.61. The summed E-state index contributed by atoms with van der Waals surface area (Å²) in [6, 6.07) is 7.48. The Morgan fingerprint density at radius 2 is 1.73 bits per heavy atom. The van der Waals surface area contributed by atoms with Crippen LogP contribution in [0.1, 0.15) is 135 Å². The van der Waals surface area contributed by atoms with Gasteiger partial charge in [-0.3, -0.25) is 0 Å². The molecule has 5 rings (SSSR count). The average Bonchev–Trinajstić information content (AvgIpc) is 3.31. The molecule has 3 nitrogen and oxygen atoms in total. The Labute approximate surface area is 251 Å². The Morgan fingerprint density at radius 1 is 0.951 bits per heavy atom. The van der Waals surface area contributed by atoms with Gasteiger partial charge in [-0.2, -0.15) is 0 Å². The topological polar surface area (TPSA) is 35.5 Å². The van der Waals surface area contributed by atoms with Crippen LogP contribution in [0.3, 0.4) is 0 Å². The minimum absolute atomic E-state index is 0.00439. The van der Waals surface area contributed by atoms with Crippen LogP contribution in [-0.2, 0) is 4.74 Å². The van der Waals surface area contributed by atoms with Gasteiger partial charge in [0.15, 0.2) is 0 Å². The normalized spacial score (nSPS) is 35.2. The molecular weight excluding hydrogens is 504 g/mol. The van der Waals surface area contributed by atoms with Gasteiger partial charge in [0, 0.05) is 6.42 Å². The molecule has 41 heavy (non-hydrogen) atoms. The monoisotopic (exact) mass is 562 g/mol. The summed E-state index contributed by atoms with van der Waals surface area (Å²) < 4.78 is 11.9. The lowest BCUT2D eigenvalue weighted by Crippen LogP contribution is -2.51. The number of allylic oxidation sites excluding steroid dienone is 1. The number of ether oxygens (including phenoxy) is 2. The summed E-state index contributed by atoms with van der Waals surface area (Å²) in [6.45, 7) is 15.4. The first-order chi connectivity index (χ1) is 19.7. The summed E-state index contributed by atoms with van der Waals surface area (Å²) in [6.07, 6.45) is 18.9. The highest BCUT2D eigenvalue weighted by molar-refractivity contribution is 5.89. The highest BCUT2D eigenvalue weighted by Crippen LogP contribution is 2.67. The predicted molar refractivity (Wildman–Crippen MR) is 169 cm³/mol. The van der Waals surface area contributed by atoms with E-state index in [-0.39, 0.29) is 17.5 Å². The minimum atomic E-state index is -0.194. The van der Waals surface area contributed by atoms with E-state index in [0.29, 0.717) is 11.0 Å². The second-order valence-corrected chi connectivity index (χ2v) is 15.3. The van der Waals surface area contributed by atoms with E-state index in [1.54, 1.807) is 5.57 Å². The van der Waals surface area contributed by atoms with Crippen LogP contribution in [0.2, 0.25) is 0 Å². The van der Waals surface area contributed by atoms with Gasteiger partial charge in [0.05, 0.1) is 12.2 Å². The smallest absolute Gasteiger partial charge is 0.338 e. The standard InChI is InChI=1S/C38H58O3/c1-7-8-24-40-30-15-12-28(13-16-30)36(39)41-31-20-22-37(5)29(25-31)14-17-32-34-19-18-33(27(4)11-9-10-26(2)3)38(34,6)23-21-35(32)37/h12-16,26-27,31-35H,7-11,17-25H2,1-6H3/t27-,31-,32+,33-,34+,35+,37+,38-/m1/s1. The predicted octanol–water partition coefficient (Wildman–Crippen LogP) is 10.4. The molecule has 1 aromatic rings. The molecule has 3 fully saturated rings. The zero-order valence-corrected chi connectivity index (χ0v) is 27.1. The van der Waals surface area contributed by atoms with Gasteiger partial charge in [-0.25, -0.2) is 4.79 Å². The average molecular weight is 563 g/mol. The molecule has 228 valence electrons. The number of carbonyl (C=O) groups is 1. The van der Waals surface area contributed by atoms with Gasteiger partial charge < -0.3 is 9.47 Å². The lowest BCUT2D eigenvalue weighted by Gasteiger charge is -2.58. The quantitative estimate of drug-likeness (QED) is 0.153. The van der Waals surface area contributed by atoms with Crippen LogP contribution >= 0.6 is 0 Å². The summed E-state index contributed by atoms with van der Waals surface area (Å²) in [5, 5.41) is 0. The zero-order chi connectivity index (χ0) is 29.2. The van der Waals surface area contributed by atoms with Crippen molar-refractivity contribution in [3.63, 3.8) is 0 Å². The number of unbranched alkanes of at least 4 members (excludes halogenated alkanes) is 1. The highest BCUT2D eigenvalue weighted by Gasteiger charge is 2.59. The van der Waals surface area contributed by atoms with Gasteiger partial charge in [0.2, 0.25) is 0 Å². The SMILES string of the molecule is CCCCOc1ccc(C(=O)O[C@@H]2CC[C@@]3(C)C(=CC[C@H]4[C@@H]5CC[C@H]([C@H](C)CCCC(C)C)[C@@]5(C)CC[C@@H]43)C2)cc1. The van der Waals surface area contributed by atoms with Crippen LogP contribution in [0.25, 0.3) is 0 Å². The molecular formula is C38H58O3. The summed E-state index contributed by atoms with van der Waals surface area (Å²) in [5.41, 5.74) is 3.03. The molecule has 8 atom stereocenters.